The Balaban J connectivity index is 1.63. The highest BCUT2D eigenvalue weighted by Crippen LogP contribution is 2.33. The van der Waals surface area contributed by atoms with Gasteiger partial charge in [0.1, 0.15) is 17.3 Å². The first-order valence-corrected chi connectivity index (χ1v) is 10.2. The Labute approximate surface area is 163 Å². The molecule has 0 radical (unpaired) electrons. The van der Waals surface area contributed by atoms with Gasteiger partial charge in [-0.15, -0.1) is 10.2 Å². The third kappa shape index (κ3) is 4.74. The van der Waals surface area contributed by atoms with Crippen LogP contribution < -0.4 is 14.8 Å². The largest absolute Gasteiger partial charge is 0.497 e. The lowest BCUT2D eigenvalue weighted by atomic mass is 9.95. The maximum atomic E-state index is 12.4. The van der Waals surface area contributed by atoms with E-state index in [-0.39, 0.29) is 11.7 Å². The number of aryl methyl sites for hydroxylation is 1. The van der Waals surface area contributed by atoms with Gasteiger partial charge in [0.15, 0.2) is 5.16 Å². The number of thioether (sulfide) groups is 1. The number of ether oxygens (including phenoxy) is 2. The van der Waals surface area contributed by atoms with Crippen molar-refractivity contribution in [1.82, 2.24) is 14.8 Å². The number of anilines is 1. The zero-order chi connectivity index (χ0) is 19.2. The Morgan fingerprint density at radius 3 is 2.70 bits per heavy atom. The number of hydrogen-bond acceptors (Lipinski definition) is 6. The quantitative estimate of drug-likeness (QED) is 0.724. The number of aromatic nitrogens is 3. The number of nitrogens with zero attached hydrogens (tertiary/aromatic N) is 3. The molecule has 0 saturated heterocycles. The SMILES string of the molecule is COc1ccc(NC(=O)CSc2nnc(C)n2C2CCCCC2)c(OC)c1. The maximum Gasteiger partial charge on any atom is 0.234 e. The van der Waals surface area contributed by atoms with Gasteiger partial charge in [0.2, 0.25) is 5.91 Å². The molecule has 1 amide bonds. The molecule has 1 aromatic carbocycles. The Bertz CT molecular complexity index is 787. The van der Waals surface area contributed by atoms with Gasteiger partial charge in [-0.1, -0.05) is 31.0 Å². The van der Waals surface area contributed by atoms with E-state index in [4.69, 9.17) is 9.47 Å². The molecule has 0 unspecified atom stereocenters. The first-order chi connectivity index (χ1) is 13.1. The number of methoxy groups -OCH3 is 2. The summed E-state index contributed by atoms with van der Waals surface area (Å²) in [7, 11) is 3.16. The number of benzene rings is 1. The van der Waals surface area contributed by atoms with Crippen LogP contribution in [-0.4, -0.2) is 40.6 Å². The van der Waals surface area contributed by atoms with E-state index in [0.29, 0.717) is 23.2 Å². The summed E-state index contributed by atoms with van der Waals surface area (Å²) < 4.78 is 12.7. The number of carbonyl (C=O) groups is 1. The molecule has 1 heterocycles. The van der Waals surface area contributed by atoms with Crippen molar-refractivity contribution in [2.24, 2.45) is 0 Å². The number of amides is 1. The molecule has 0 spiro atoms. The lowest BCUT2D eigenvalue weighted by Crippen LogP contribution is -2.17. The summed E-state index contributed by atoms with van der Waals surface area (Å²) in [5.74, 6) is 2.31. The minimum Gasteiger partial charge on any atom is -0.497 e. The summed E-state index contributed by atoms with van der Waals surface area (Å²) in [6, 6.07) is 5.75. The third-order valence-corrected chi connectivity index (χ3v) is 5.73. The summed E-state index contributed by atoms with van der Waals surface area (Å²) in [6.07, 6.45) is 6.09. The lowest BCUT2D eigenvalue weighted by Gasteiger charge is -2.24. The van der Waals surface area contributed by atoms with Crippen LogP contribution in [0.4, 0.5) is 5.69 Å². The number of nitrogens with one attached hydrogen (secondary N) is 1. The lowest BCUT2D eigenvalue weighted by molar-refractivity contribution is -0.113. The minimum atomic E-state index is -0.112. The van der Waals surface area contributed by atoms with Crippen molar-refractivity contribution in [3.63, 3.8) is 0 Å². The summed E-state index contributed by atoms with van der Waals surface area (Å²) >= 11 is 1.42. The van der Waals surface area contributed by atoms with E-state index in [9.17, 15) is 4.79 Å². The smallest absolute Gasteiger partial charge is 0.234 e. The Kier molecular flexibility index (Phi) is 6.60. The fraction of sp³-hybridized carbons (Fsp3) is 0.526. The molecule has 0 bridgehead atoms. The molecule has 0 atom stereocenters. The van der Waals surface area contributed by atoms with Crippen LogP contribution in [0.15, 0.2) is 23.4 Å². The molecular weight excluding hydrogens is 364 g/mol. The number of rotatable bonds is 7. The van der Waals surface area contributed by atoms with Crippen LogP contribution in [0.2, 0.25) is 0 Å². The van der Waals surface area contributed by atoms with Crippen LogP contribution in [0.25, 0.3) is 0 Å². The molecule has 2 aromatic rings. The summed E-state index contributed by atoms with van der Waals surface area (Å²) in [4.78, 5) is 12.4. The molecule has 1 aromatic heterocycles. The van der Waals surface area contributed by atoms with E-state index in [1.165, 1.54) is 31.0 Å². The van der Waals surface area contributed by atoms with Crippen molar-refractivity contribution in [2.75, 3.05) is 25.3 Å². The second kappa shape index (κ2) is 9.12. The van der Waals surface area contributed by atoms with Crippen LogP contribution in [0.5, 0.6) is 11.5 Å². The Morgan fingerprint density at radius 1 is 1.22 bits per heavy atom. The van der Waals surface area contributed by atoms with E-state index >= 15 is 0 Å². The van der Waals surface area contributed by atoms with Crippen LogP contribution >= 0.6 is 11.8 Å². The minimum absolute atomic E-state index is 0.112. The van der Waals surface area contributed by atoms with Crippen molar-refractivity contribution in [3.05, 3.63) is 24.0 Å². The fourth-order valence-electron chi connectivity index (χ4n) is 3.43. The second-order valence-electron chi connectivity index (χ2n) is 6.59. The first kappa shape index (κ1) is 19.5. The van der Waals surface area contributed by atoms with Gasteiger partial charge < -0.3 is 19.4 Å². The summed E-state index contributed by atoms with van der Waals surface area (Å²) in [6.45, 7) is 1.98. The molecule has 1 fully saturated rings. The van der Waals surface area contributed by atoms with Crippen molar-refractivity contribution < 1.29 is 14.3 Å². The van der Waals surface area contributed by atoms with Crippen LogP contribution in [0.3, 0.4) is 0 Å². The van der Waals surface area contributed by atoms with Gasteiger partial charge in [-0.3, -0.25) is 4.79 Å². The summed E-state index contributed by atoms with van der Waals surface area (Å²) in [5.41, 5.74) is 0.619. The highest BCUT2D eigenvalue weighted by Gasteiger charge is 2.22. The number of carbonyl (C=O) groups excluding carboxylic acids is 1. The molecule has 1 N–H and O–H groups in total. The predicted molar refractivity (Wildman–Crippen MR) is 106 cm³/mol. The molecule has 1 aliphatic rings. The average Bonchev–Trinajstić information content (AvgIpc) is 3.07. The van der Waals surface area contributed by atoms with Crippen LogP contribution in [0.1, 0.15) is 44.0 Å². The molecule has 27 heavy (non-hydrogen) atoms. The standard InChI is InChI=1S/C19H26N4O3S/c1-13-21-22-19(23(13)14-7-5-4-6-8-14)27-12-18(24)20-16-10-9-15(25-2)11-17(16)26-3/h9-11,14H,4-8,12H2,1-3H3,(H,20,24). The molecular formula is C19H26N4O3S. The van der Waals surface area contributed by atoms with E-state index in [1.807, 2.05) is 6.92 Å². The molecule has 3 rings (SSSR count). The van der Waals surface area contributed by atoms with Gasteiger partial charge in [-0.05, 0) is 31.9 Å². The predicted octanol–water partition coefficient (Wildman–Crippen LogP) is 3.84. The highest BCUT2D eigenvalue weighted by molar-refractivity contribution is 7.99. The molecule has 1 saturated carbocycles. The molecule has 0 aliphatic heterocycles. The van der Waals surface area contributed by atoms with Crippen LogP contribution in [-0.2, 0) is 4.79 Å². The monoisotopic (exact) mass is 390 g/mol. The topological polar surface area (TPSA) is 78.3 Å². The average molecular weight is 391 g/mol. The maximum absolute atomic E-state index is 12.4. The van der Waals surface area contributed by atoms with Gasteiger partial charge in [0.05, 0.1) is 25.7 Å². The van der Waals surface area contributed by atoms with Gasteiger partial charge in [0.25, 0.3) is 0 Å². The van der Waals surface area contributed by atoms with Gasteiger partial charge in [-0.25, -0.2) is 0 Å². The molecule has 146 valence electrons. The molecule has 1 aliphatic carbocycles. The Morgan fingerprint density at radius 2 is 2.00 bits per heavy atom. The zero-order valence-corrected chi connectivity index (χ0v) is 16.8. The molecule has 7 nitrogen and oxygen atoms in total. The van der Waals surface area contributed by atoms with E-state index in [0.717, 1.165) is 23.8 Å². The molecule has 8 heteroatoms. The first-order valence-electron chi connectivity index (χ1n) is 9.18. The van der Waals surface area contributed by atoms with Gasteiger partial charge >= 0.3 is 0 Å². The van der Waals surface area contributed by atoms with Gasteiger partial charge in [0, 0.05) is 12.1 Å². The fourth-order valence-corrected chi connectivity index (χ4v) is 4.28. The van der Waals surface area contributed by atoms with E-state index in [1.54, 1.807) is 32.4 Å². The van der Waals surface area contributed by atoms with Crippen molar-refractivity contribution >= 4 is 23.4 Å². The highest BCUT2D eigenvalue weighted by atomic mass is 32.2. The second-order valence-corrected chi connectivity index (χ2v) is 7.54. The van der Waals surface area contributed by atoms with Crippen molar-refractivity contribution in [2.45, 2.75) is 50.2 Å². The number of hydrogen-bond donors (Lipinski definition) is 1. The third-order valence-electron chi connectivity index (χ3n) is 4.79. The van der Waals surface area contributed by atoms with E-state index in [2.05, 4.69) is 20.1 Å². The Hall–Kier alpha value is -2.22. The van der Waals surface area contributed by atoms with Crippen LogP contribution in [0, 0.1) is 6.92 Å². The normalized spacial score (nSPS) is 14.8. The van der Waals surface area contributed by atoms with Crippen molar-refractivity contribution in [3.8, 4) is 11.5 Å². The van der Waals surface area contributed by atoms with Crippen molar-refractivity contribution in [1.29, 1.82) is 0 Å². The summed E-state index contributed by atoms with van der Waals surface area (Å²) in [5, 5.41) is 12.2. The van der Waals surface area contributed by atoms with Gasteiger partial charge in [-0.2, -0.15) is 0 Å². The van der Waals surface area contributed by atoms with E-state index < -0.39 is 0 Å². The zero-order valence-electron chi connectivity index (χ0n) is 16.0.